The lowest BCUT2D eigenvalue weighted by atomic mass is 10.1. The van der Waals surface area contributed by atoms with Crippen molar-refractivity contribution in [3.8, 4) is 5.82 Å². The molecule has 3 heterocycles. The fraction of sp³-hybridized carbons (Fsp3) is 0.100. The largest absolute Gasteiger partial charge is 0.348 e. The number of imidazole rings is 2. The van der Waals surface area contributed by atoms with Crippen LogP contribution in [0.2, 0.25) is 0 Å². The van der Waals surface area contributed by atoms with Crippen molar-refractivity contribution in [1.29, 1.82) is 0 Å². The van der Waals surface area contributed by atoms with Gasteiger partial charge in [-0.1, -0.05) is 12.1 Å². The predicted octanol–water partition coefficient (Wildman–Crippen LogP) is 2.44. The Labute approximate surface area is 156 Å². The predicted molar refractivity (Wildman–Crippen MR) is 100 cm³/mol. The van der Waals surface area contributed by atoms with E-state index in [1.807, 2.05) is 57.9 Å². The average molecular weight is 358 g/mol. The van der Waals surface area contributed by atoms with Gasteiger partial charge in [0.2, 0.25) is 0 Å². The number of hydrogen-bond acceptors (Lipinski definition) is 4. The van der Waals surface area contributed by atoms with Crippen molar-refractivity contribution < 1.29 is 4.79 Å². The summed E-state index contributed by atoms with van der Waals surface area (Å²) in [5.74, 6) is 0.660. The lowest BCUT2D eigenvalue weighted by Gasteiger charge is -2.08. The number of amides is 1. The van der Waals surface area contributed by atoms with Crippen LogP contribution in [0.1, 0.15) is 21.5 Å². The SMILES string of the molecule is O=C(NCc1ccnc(-n2ccnc2)c1)c1ccc(Cn2ccnc2)cc1. The molecule has 7 heteroatoms. The normalized spacial score (nSPS) is 10.7. The lowest BCUT2D eigenvalue weighted by molar-refractivity contribution is 0.0951. The summed E-state index contributed by atoms with van der Waals surface area (Å²) in [6.45, 7) is 1.16. The lowest BCUT2D eigenvalue weighted by Crippen LogP contribution is -2.22. The number of rotatable bonds is 6. The number of pyridine rings is 1. The van der Waals surface area contributed by atoms with Crippen molar-refractivity contribution in [1.82, 2.24) is 29.4 Å². The van der Waals surface area contributed by atoms with Gasteiger partial charge in [-0.05, 0) is 35.4 Å². The number of carbonyl (C=O) groups is 1. The van der Waals surface area contributed by atoms with Gasteiger partial charge in [0, 0.05) is 49.6 Å². The quantitative estimate of drug-likeness (QED) is 0.574. The summed E-state index contributed by atoms with van der Waals surface area (Å²) in [7, 11) is 0. The van der Waals surface area contributed by atoms with Crippen molar-refractivity contribution in [2.24, 2.45) is 0 Å². The molecule has 0 bridgehead atoms. The summed E-state index contributed by atoms with van der Waals surface area (Å²) in [5.41, 5.74) is 2.72. The van der Waals surface area contributed by atoms with Crippen LogP contribution in [-0.4, -0.2) is 30.0 Å². The first kappa shape index (κ1) is 16.7. The molecule has 4 rings (SSSR count). The molecule has 0 fully saturated rings. The Morgan fingerprint density at radius 2 is 1.74 bits per heavy atom. The van der Waals surface area contributed by atoms with Gasteiger partial charge in [0.1, 0.15) is 12.1 Å². The molecule has 0 atom stereocenters. The van der Waals surface area contributed by atoms with Gasteiger partial charge in [0.25, 0.3) is 5.91 Å². The van der Waals surface area contributed by atoms with Crippen LogP contribution in [0.4, 0.5) is 0 Å². The van der Waals surface area contributed by atoms with Crippen LogP contribution in [-0.2, 0) is 13.1 Å². The van der Waals surface area contributed by atoms with Crippen molar-refractivity contribution >= 4 is 5.91 Å². The van der Waals surface area contributed by atoms with E-state index in [4.69, 9.17) is 0 Å². The van der Waals surface area contributed by atoms with E-state index in [-0.39, 0.29) is 5.91 Å². The van der Waals surface area contributed by atoms with Crippen LogP contribution in [0.15, 0.2) is 80.0 Å². The summed E-state index contributed by atoms with van der Waals surface area (Å²) in [6, 6.07) is 11.4. The molecule has 4 aromatic rings. The molecule has 0 unspecified atom stereocenters. The third-order valence-corrected chi connectivity index (χ3v) is 4.17. The molecule has 1 aromatic carbocycles. The van der Waals surface area contributed by atoms with Crippen molar-refractivity contribution in [2.45, 2.75) is 13.1 Å². The Morgan fingerprint density at radius 1 is 0.926 bits per heavy atom. The number of nitrogens with zero attached hydrogens (tertiary/aromatic N) is 5. The van der Waals surface area contributed by atoms with Gasteiger partial charge in [-0.25, -0.2) is 15.0 Å². The van der Waals surface area contributed by atoms with E-state index in [1.54, 1.807) is 31.2 Å². The van der Waals surface area contributed by atoms with E-state index < -0.39 is 0 Å². The highest BCUT2D eigenvalue weighted by Gasteiger charge is 2.06. The maximum atomic E-state index is 12.4. The minimum Gasteiger partial charge on any atom is -0.348 e. The van der Waals surface area contributed by atoms with Crippen LogP contribution in [0, 0.1) is 0 Å². The Hall–Kier alpha value is -3.74. The average Bonchev–Trinajstić information content (AvgIpc) is 3.41. The molecular formula is C20H18N6O. The molecule has 0 radical (unpaired) electrons. The zero-order valence-electron chi connectivity index (χ0n) is 14.6. The van der Waals surface area contributed by atoms with Crippen molar-refractivity contribution in [3.63, 3.8) is 0 Å². The molecule has 134 valence electrons. The van der Waals surface area contributed by atoms with E-state index in [0.29, 0.717) is 12.1 Å². The van der Waals surface area contributed by atoms with Gasteiger partial charge in [0.05, 0.1) is 6.33 Å². The summed E-state index contributed by atoms with van der Waals surface area (Å²) in [4.78, 5) is 24.8. The third-order valence-electron chi connectivity index (χ3n) is 4.17. The van der Waals surface area contributed by atoms with Gasteiger partial charge in [-0.3, -0.25) is 9.36 Å². The summed E-state index contributed by atoms with van der Waals surface area (Å²) in [6.07, 6.45) is 12.4. The highest BCUT2D eigenvalue weighted by Crippen LogP contribution is 2.09. The van der Waals surface area contributed by atoms with Gasteiger partial charge in [-0.2, -0.15) is 0 Å². The molecule has 1 N–H and O–H groups in total. The van der Waals surface area contributed by atoms with E-state index in [0.717, 1.165) is 23.5 Å². The van der Waals surface area contributed by atoms with Crippen molar-refractivity contribution in [2.75, 3.05) is 0 Å². The molecule has 0 aliphatic heterocycles. The molecule has 27 heavy (non-hydrogen) atoms. The Kier molecular flexibility index (Phi) is 4.74. The van der Waals surface area contributed by atoms with E-state index in [1.165, 1.54) is 0 Å². The van der Waals surface area contributed by atoms with Gasteiger partial charge >= 0.3 is 0 Å². The first-order valence-electron chi connectivity index (χ1n) is 8.54. The Bertz CT molecular complexity index is 1010. The fourth-order valence-electron chi connectivity index (χ4n) is 2.74. The molecule has 0 aliphatic rings. The fourth-order valence-corrected chi connectivity index (χ4v) is 2.74. The summed E-state index contributed by atoms with van der Waals surface area (Å²) >= 11 is 0. The first-order chi connectivity index (χ1) is 13.3. The molecule has 0 saturated carbocycles. The third kappa shape index (κ3) is 4.09. The van der Waals surface area contributed by atoms with Gasteiger partial charge in [-0.15, -0.1) is 0 Å². The van der Waals surface area contributed by atoms with E-state index >= 15 is 0 Å². The molecule has 1 amide bonds. The number of aromatic nitrogens is 5. The Balaban J connectivity index is 1.37. The summed E-state index contributed by atoms with van der Waals surface area (Å²) < 4.78 is 3.81. The molecule has 7 nitrogen and oxygen atoms in total. The smallest absolute Gasteiger partial charge is 0.251 e. The van der Waals surface area contributed by atoms with Gasteiger partial charge in [0.15, 0.2) is 0 Å². The molecular weight excluding hydrogens is 340 g/mol. The minimum atomic E-state index is -0.106. The van der Waals surface area contributed by atoms with E-state index in [2.05, 4.69) is 20.3 Å². The van der Waals surface area contributed by atoms with Crippen LogP contribution < -0.4 is 5.32 Å². The zero-order valence-corrected chi connectivity index (χ0v) is 14.6. The van der Waals surface area contributed by atoms with Gasteiger partial charge < -0.3 is 9.88 Å². The minimum absolute atomic E-state index is 0.106. The van der Waals surface area contributed by atoms with Crippen LogP contribution in [0.3, 0.4) is 0 Å². The van der Waals surface area contributed by atoms with Crippen molar-refractivity contribution in [3.05, 3.63) is 96.7 Å². The monoisotopic (exact) mass is 358 g/mol. The molecule has 3 aromatic heterocycles. The summed E-state index contributed by atoms with van der Waals surface area (Å²) in [5, 5.41) is 2.95. The highest BCUT2D eigenvalue weighted by atomic mass is 16.1. The maximum absolute atomic E-state index is 12.4. The zero-order chi connectivity index (χ0) is 18.5. The Morgan fingerprint density at radius 3 is 2.48 bits per heavy atom. The molecule has 0 spiro atoms. The standard InChI is InChI=1S/C20H18N6O/c27-20(18-3-1-16(2-4-18)13-25-9-7-21-14-25)24-12-17-5-6-23-19(11-17)26-10-8-22-15-26/h1-11,14-15H,12-13H2,(H,24,27). The van der Waals surface area contributed by atoms with Crippen LogP contribution in [0.5, 0.6) is 0 Å². The number of hydrogen-bond donors (Lipinski definition) is 1. The first-order valence-corrected chi connectivity index (χ1v) is 8.54. The van der Waals surface area contributed by atoms with Crippen LogP contribution >= 0.6 is 0 Å². The molecule has 0 aliphatic carbocycles. The van der Waals surface area contributed by atoms with Crippen LogP contribution in [0.25, 0.3) is 5.82 Å². The highest BCUT2D eigenvalue weighted by molar-refractivity contribution is 5.94. The second-order valence-corrected chi connectivity index (χ2v) is 6.11. The van der Waals surface area contributed by atoms with E-state index in [9.17, 15) is 4.79 Å². The second kappa shape index (κ2) is 7.65. The molecule has 0 saturated heterocycles. The number of nitrogens with one attached hydrogen (secondary N) is 1. The number of benzene rings is 1. The topological polar surface area (TPSA) is 77.6 Å². The number of carbonyl (C=O) groups excluding carboxylic acids is 1. The second-order valence-electron chi connectivity index (χ2n) is 6.11. The maximum Gasteiger partial charge on any atom is 0.251 e.